The maximum atomic E-state index is 13.0. The molecule has 0 aliphatic carbocycles. The van der Waals surface area contributed by atoms with Gasteiger partial charge in [-0.1, -0.05) is 318 Å². The predicted octanol–water partition coefficient (Wildman–Crippen LogP) is 20.8. The third kappa shape index (κ3) is 65.1. The molecule has 0 aromatic rings. The van der Waals surface area contributed by atoms with E-state index in [9.17, 15) is 43.2 Å². The number of unbranched alkanes of at least 4 members (excludes halogenated alkanes) is 40. The van der Waals surface area contributed by atoms with E-state index in [1.807, 2.05) is 0 Å². The molecule has 0 aromatic heterocycles. The normalized spacial score (nSPS) is 14.4. The van der Waals surface area contributed by atoms with Crippen molar-refractivity contribution in [3.05, 3.63) is 0 Å². The average Bonchev–Trinajstić information content (AvgIpc) is 3.69. The highest BCUT2D eigenvalue weighted by Gasteiger charge is 2.30. The van der Waals surface area contributed by atoms with E-state index in [2.05, 4.69) is 41.5 Å². The molecule has 91 heavy (non-hydrogen) atoms. The molecule has 3 N–H and O–H groups in total. The number of aliphatic hydroxyl groups is 1. The second-order valence-corrected chi connectivity index (χ2v) is 29.6. The Hall–Kier alpha value is -1.94. The molecule has 0 aliphatic heterocycles. The first-order valence-electron chi connectivity index (χ1n) is 37.5. The summed E-state index contributed by atoms with van der Waals surface area (Å²) >= 11 is 0. The number of ether oxygens (including phenoxy) is 4. The van der Waals surface area contributed by atoms with E-state index in [1.54, 1.807) is 0 Å². The Kier molecular flexibility index (Phi) is 62.7. The summed E-state index contributed by atoms with van der Waals surface area (Å²) in [5, 5.41) is 10.6. The van der Waals surface area contributed by atoms with E-state index in [0.717, 1.165) is 108 Å². The third-order valence-corrected chi connectivity index (χ3v) is 19.0. The fourth-order valence-electron chi connectivity index (χ4n) is 10.9. The summed E-state index contributed by atoms with van der Waals surface area (Å²) in [6.07, 6.45) is 49.9. The van der Waals surface area contributed by atoms with Crippen molar-refractivity contribution >= 4 is 39.5 Å². The van der Waals surface area contributed by atoms with Crippen LogP contribution >= 0.6 is 15.6 Å². The van der Waals surface area contributed by atoms with E-state index < -0.39 is 97.5 Å². The van der Waals surface area contributed by atoms with Crippen LogP contribution in [0.25, 0.3) is 0 Å². The zero-order valence-electron chi connectivity index (χ0n) is 59.1. The van der Waals surface area contributed by atoms with Gasteiger partial charge in [-0.05, 0) is 37.5 Å². The number of hydrogen-bond acceptors (Lipinski definition) is 15. The highest BCUT2D eigenvalue weighted by atomic mass is 31.2. The van der Waals surface area contributed by atoms with Crippen LogP contribution < -0.4 is 0 Å². The van der Waals surface area contributed by atoms with Gasteiger partial charge >= 0.3 is 39.5 Å². The second kappa shape index (κ2) is 64.1. The van der Waals surface area contributed by atoms with Gasteiger partial charge in [-0.25, -0.2) is 9.13 Å². The zero-order chi connectivity index (χ0) is 67.2. The number of carbonyl (C=O) groups excluding carboxylic acids is 4. The monoisotopic (exact) mass is 1340 g/mol. The zero-order valence-corrected chi connectivity index (χ0v) is 60.9. The number of phosphoric ester groups is 2. The topological polar surface area (TPSA) is 237 Å². The standard InChI is InChI=1S/C72H140O17P2/c1-7-10-12-14-16-18-20-21-22-23-28-31-35-42-48-54-69(74)82-60-67(88-72(77)57-51-45-37-33-29-25-24-27-30-34-40-46-52-64(4)5)62-86-90(78,79)84-58-66(73)59-85-91(80,81)87-63-68(61-83-70(75)55-49-43-39-38-41-47-53-65(6)9-3)89-71(76)56-50-44-36-32-26-19-17-15-13-11-8-2/h64-68,73H,7-63H2,1-6H3,(H,78,79)(H,80,81)/t65?,66-,67-,68-/m1/s1. The molecular formula is C72H140O17P2. The van der Waals surface area contributed by atoms with Crippen LogP contribution in [0.15, 0.2) is 0 Å². The van der Waals surface area contributed by atoms with Crippen LogP contribution in [0.3, 0.4) is 0 Å². The van der Waals surface area contributed by atoms with Gasteiger partial charge in [-0.2, -0.15) is 0 Å². The number of esters is 4. The Bertz CT molecular complexity index is 1770. The smallest absolute Gasteiger partial charge is 0.462 e. The van der Waals surface area contributed by atoms with Gasteiger partial charge in [0.15, 0.2) is 12.2 Å². The summed E-state index contributed by atoms with van der Waals surface area (Å²) in [5.41, 5.74) is 0. The summed E-state index contributed by atoms with van der Waals surface area (Å²) in [6.45, 7) is 9.53. The van der Waals surface area contributed by atoms with Crippen LogP contribution in [-0.4, -0.2) is 96.7 Å². The first kappa shape index (κ1) is 89.1. The van der Waals surface area contributed by atoms with E-state index in [0.29, 0.717) is 25.7 Å². The minimum atomic E-state index is -4.95. The van der Waals surface area contributed by atoms with Gasteiger partial charge in [-0.3, -0.25) is 37.3 Å². The molecule has 0 amide bonds. The van der Waals surface area contributed by atoms with Crippen molar-refractivity contribution < 1.29 is 80.2 Å². The molecule has 0 heterocycles. The molecule has 6 atom stereocenters. The molecule has 0 aliphatic rings. The SMILES string of the molecule is CCCCCCCCCCCCCCCCCC(=O)OC[C@H](COP(=O)(O)OC[C@@H](O)COP(=O)(O)OC[C@@H](COC(=O)CCCCCCCCC(C)CC)OC(=O)CCCCCCCCCCCCC)OC(=O)CCCCCCCCCCCCCCC(C)C. The minimum Gasteiger partial charge on any atom is -0.462 e. The Morgan fingerprint density at radius 2 is 0.560 bits per heavy atom. The second-order valence-electron chi connectivity index (χ2n) is 26.7. The molecule has 0 radical (unpaired) electrons. The highest BCUT2D eigenvalue weighted by molar-refractivity contribution is 7.47. The Labute approximate surface area is 556 Å². The first-order valence-corrected chi connectivity index (χ1v) is 40.5. The molecule has 0 saturated carbocycles. The van der Waals surface area contributed by atoms with Crippen molar-refractivity contribution in [3.8, 4) is 0 Å². The van der Waals surface area contributed by atoms with Crippen LogP contribution in [-0.2, 0) is 65.4 Å². The Morgan fingerprint density at radius 3 is 0.835 bits per heavy atom. The van der Waals surface area contributed by atoms with Crippen LogP contribution in [0.2, 0.25) is 0 Å². The number of hydrogen-bond donors (Lipinski definition) is 3. The van der Waals surface area contributed by atoms with Crippen molar-refractivity contribution in [2.45, 2.75) is 387 Å². The largest absolute Gasteiger partial charge is 0.472 e. The van der Waals surface area contributed by atoms with Crippen molar-refractivity contribution in [2.75, 3.05) is 39.6 Å². The molecule has 0 spiro atoms. The Morgan fingerprint density at radius 1 is 0.319 bits per heavy atom. The van der Waals surface area contributed by atoms with E-state index >= 15 is 0 Å². The fraction of sp³-hybridized carbons (Fsp3) is 0.944. The van der Waals surface area contributed by atoms with Crippen LogP contribution in [0, 0.1) is 11.8 Å². The Balaban J connectivity index is 5.25. The molecule has 0 fully saturated rings. The number of carbonyl (C=O) groups is 4. The number of aliphatic hydroxyl groups excluding tert-OH is 1. The van der Waals surface area contributed by atoms with Crippen molar-refractivity contribution in [1.82, 2.24) is 0 Å². The molecular weight excluding hydrogens is 1200 g/mol. The fourth-order valence-corrected chi connectivity index (χ4v) is 12.5. The molecule has 3 unspecified atom stereocenters. The van der Waals surface area contributed by atoms with Crippen LogP contribution in [0.4, 0.5) is 0 Å². The average molecular weight is 1340 g/mol. The summed E-state index contributed by atoms with van der Waals surface area (Å²) in [4.78, 5) is 72.6. The lowest BCUT2D eigenvalue weighted by Crippen LogP contribution is -2.30. The van der Waals surface area contributed by atoms with E-state index in [1.165, 1.54) is 180 Å². The van der Waals surface area contributed by atoms with Gasteiger partial charge in [0.2, 0.25) is 0 Å². The highest BCUT2D eigenvalue weighted by Crippen LogP contribution is 2.45. The van der Waals surface area contributed by atoms with Crippen LogP contribution in [0.1, 0.15) is 369 Å². The van der Waals surface area contributed by atoms with Gasteiger partial charge in [0.25, 0.3) is 0 Å². The summed E-state index contributed by atoms with van der Waals surface area (Å²) < 4.78 is 68.4. The molecule has 0 rings (SSSR count). The van der Waals surface area contributed by atoms with Gasteiger partial charge in [0, 0.05) is 25.7 Å². The quantitative estimate of drug-likeness (QED) is 0.0222. The molecule has 540 valence electrons. The molecule has 17 nitrogen and oxygen atoms in total. The molecule has 0 saturated heterocycles. The lowest BCUT2D eigenvalue weighted by Gasteiger charge is -2.21. The molecule has 0 bridgehead atoms. The lowest BCUT2D eigenvalue weighted by molar-refractivity contribution is -0.161. The summed E-state index contributed by atoms with van der Waals surface area (Å²) in [6, 6.07) is 0. The van der Waals surface area contributed by atoms with Crippen molar-refractivity contribution in [3.63, 3.8) is 0 Å². The predicted molar refractivity (Wildman–Crippen MR) is 368 cm³/mol. The summed E-state index contributed by atoms with van der Waals surface area (Å²) in [5.74, 6) is -0.613. The molecule has 19 heteroatoms. The van der Waals surface area contributed by atoms with Crippen LogP contribution in [0.5, 0.6) is 0 Å². The summed E-state index contributed by atoms with van der Waals surface area (Å²) in [7, 11) is -9.90. The van der Waals surface area contributed by atoms with Crippen molar-refractivity contribution in [2.24, 2.45) is 11.8 Å². The maximum absolute atomic E-state index is 13.0. The lowest BCUT2D eigenvalue weighted by atomic mass is 10.00. The van der Waals surface area contributed by atoms with Gasteiger partial charge in [0.05, 0.1) is 26.4 Å². The number of phosphoric acid groups is 2. The first-order chi connectivity index (χ1) is 43.9. The van der Waals surface area contributed by atoms with E-state index in [-0.39, 0.29) is 25.7 Å². The minimum absolute atomic E-state index is 0.106. The van der Waals surface area contributed by atoms with E-state index in [4.69, 9.17) is 37.0 Å². The van der Waals surface area contributed by atoms with Gasteiger partial charge in [-0.15, -0.1) is 0 Å². The third-order valence-electron chi connectivity index (χ3n) is 17.1. The van der Waals surface area contributed by atoms with Gasteiger partial charge in [0.1, 0.15) is 19.3 Å². The maximum Gasteiger partial charge on any atom is 0.472 e. The number of rotatable bonds is 71. The van der Waals surface area contributed by atoms with Crippen molar-refractivity contribution in [1.29, 1.82) is 0 Å². The molecule has 0 aromatic carbocycles. The van der Waals surface area contributed by atoms with Gasteiger partial charge < -0.3 is 33.8 Å².